The smallest absolute Gasteiger partial charge is 0.150 e. The van der Waals surface area contributed by atoms with E-state index in [0.29, 0.717) is 6.42 Å². The number of hydrogen-bond donors (Lipinski definition) is 1. The lowest BCUT2D eigenvalue weighted by molar-refractivity contribution is 0.549. The summed E-state index contributed by atoms with van der Waals surface area (Å²) in [7, 11) is -2.85. The minimum absolute atomic E-state index is 0.0547. The normalized spacial score (nSPS) is 13.4. The fourth-order valence-corrected chi connectivity index (χ4v) is 2.63. The largest absolute Gasteiger partial charge is 0.328 e. The van der Waals surface area contributed by atoms with E-state index in [1.165, 1.54) is 0 Å². The van der Waals surface area contributed by atoms with Gasteiger partial charge in [0.05, 0.1) is 5.75 Å². The quantitative estimate of drug-likeness (QED) is 0.778. The molecule has 0 spiro atoms. The monoisotopic (exact) mass is 270 g/mol. The van der Waals surface area contributed by atoms with Crippen LogP contribution < -0.4 is 5.73 Å². The SMILES string of the molecule is CCS(=O)(=O)CCCC(N)CCc1ccccn1. The van der Waals surface area contributed by atoms with Crippen LogP contribution in [0.5, 0.6) is 0 Å². The van der Waals surface area contributed by atoms with Crippen molar-refractivity contribution < 1.29 is 8.42 Å². The Labute approximate surface area is 110 Å². The standard InChI is InChI=1S/C13H22N2O2S/c1-2-18(16,17)11-5-6-12(14)8-9-13-7-3-4-10-15-13/h3-4,7,10,12H,2,5-6,8-9,11,14H2,1H3. The van der Waals surface area contributed by atoms with E-state index < -0.39 is 9.84 Å². The van der Waals surface area contributed by atoms with Crippen molar-refractivity contribution in [3.63, 3.8) is 0 Å². The second kappa shape index (κ2) is 7.48. The van der Waals surface area contributed by atoms with Crippen LogP contribution in [0.1, 0.15) is 31.9 Å². The molecule has 1 rings (SSSR count). The number of nitrogens with two attached hydrogens (primary N) is 1. The molecule has 0 saturated heterocycles. The molecule has 0 aliphatic rings. The van der Waals surface area contributed by atoms with E-state index in [2.05, 4.69) is 4.98 Å². The first-order valence-electron chi connectivity index (χ1n) is 6.39. The maximum atomic E-state index is 11.3. The van der Waals surface area contributed by atoms with Gasteiger partial charge in [-0.05, 0) is 37.8 Å². The zero-order valence-electron chi connectivity index (χ0n) is 10.9. The molecule has 2 N–H and O–H groups in total. The third kappa shape index (κ3) is 6.12. The molecule has 0 amide bonds. The molecule has 102 valence electrons. The maximum absolute atomic E-state index is 11.3. The van der Waals surface area contributed by atoms with Gasteiger partial charge in [0.25, 0.3) is 0 Å². The first-order valence-corrected chi connectivity index (χ1v) is 8.21. The van der Waals surface area contributed by atoms with Gasteiger partial charge in [-0.15, -0.1) is 0 Å². The predicted molar refractivity (Wildman–Crippen MR) is 74.1 cm³/mol. The van der Waals surface area contributed by atoms with E-state index >= 15 is 0 Å². The zero-order valence-corrected chi connectivity index (χ0v) is 11.7. The number of nitrogens with zero attached hydrogens (tertiary/aromatic N) is 1. The number of aryl methyl sites for hydroxylation is 1. The van der Waals surface area contributed by atoms with Crippen molar-refractivity contribution in [2.75, 3.05) is 11.5 Å². The molecule has 0 aliphatic heterocycles. The molecule has 4 nitrogen and oxygen atoms in total. The predicted octanol–water partition coefficient (Wildman–Crippen LogP) is 1.56. The fraction of sp³-hybridized carbons (Fsp3) is 0.615. The van der Waals surface area contributed by atoms with E-state index in [1.54, 1.807) is 13.1 Å². The molecule has 0 aliphatic carbocycles. The van der Waals surface area contributed by atoms with Crippen molar-refractivity contribution in [2.45, 2.75) is 38.6 Å². The van der Waals surface area contributed by atoms with Crippen LogP contribution in [0, 0.1) is 0 Å². The lowest BCUT2D eigenvalue weighted by Crippen LogP contribution is -2.22. The molecular weight excluding hydrogens is 248 g/mol. The average molecular weight is 270 g/mol. The molecule has 0 bridgehead atoms. The molecule has 0 radical (unpaired) electrons. The van der Waals surface area contributed by atoms with Crippen LogP contribution in [-0.4, -0.2) is 30.9 Å². The van der Waals surface area contributed by atoms with Crippen LogP contribution in [0.2, 0.25) is 0 Å². The summed E-state index contributed by atoms with van der Waals surface area (Å²) in [6.07, 6.45) is 4.88. The summed E-state index contributed by atoms with van der Waals surface area (Å²) in [6.45, 7) is 1.68. The van der Waals surface area contributed by atoms with Crippen LogP contribution in [0.15, 0.2) is 24.4 Å². The van der Waals surface area contributed by atoms with E-state index in [0.717, 1.165) is 25.0 Å². The topological polar surface area (TPSA) is 73.0 Å². The van der Waals surface area contributed by atoms with Crippen LogP contribution in [0.25, 0.3) is 0 Å². The molecule has 5 heteroatoms. The van der Waals surface area contributed by atoms with E-state index in [9.17, 15) is 8.42 Å². The van der Waals surface area contributed by atoms with Gasteiger partial charge in [0.15, 0.2) is 0 Å². The number of pyridine rings is 1. The Morgan fingerprint density at radius 2 is 2.11 bits per heavy atom. The van der Waals surface area contributed by atoms with Gasteiger partial charge in [-0.2, -0.15) is 0 Å². The van der Waals surface area contributed by atoms with E-state index in [4.69, 9.17) is 5.73 Å². The third-order valence-electron chi connectivity index (χ3n) is 2.97. The Morgan fingerprint density at radius 3 is 2.72 bits per heavy atom. The number of aromatic nitrogens is 1. The van der Waals surface area contributed by atoms with Crippen molar-refractivity contribution in [3.05, 3.63) is 30.1 Å². The van der Waals surface area contributed by atoms with Gasteiger partial charge in [-0.25, -0.2) is 8.42 Å². The maximum Gasteiger partial charge on any atom is 0.150 e. The van der Waals surface area contributed by atoms with Crippen molar-refractivity contribution in [3.8, 4) is 0 Å². The van der Waals surface area contributed by atoms with Crippen LogP contribution >= 0.6 is 0 Å². The molecule has 1 heterocycles. The fourth-order valence-electron chi connectivity index (χ4n) is 1.73. The minimum atomic E-state index is -2.85. The van der Waals surface area contributed by atoms with Crippen LogP contribution in [0.4, 0.5) is 0 Å². The summed E-state index contributed by atoms with van der Waals surface area (Å²) >= 11 is 0. The second-order valence-corrected chi connectivity index (χ2v) is 6.97. The highest BCUT2D eigenvalue weighted by Crippen LogP contribution is 2.06. The van der Waals surface area contributed by atoms with Gasteiger partial charge < -0.3 is 5.73 Å². The summed E-state index contributed by atoms with van der Waals surface area (Å²) in [4.78, 5) is 4.23. The van der Waals surface area contributed by atoms with E-state index in [1.807, 2.05) is 18.2 Å². The number of rotatable bonds is 8. The Balaban J connectivity index is 2.20. The average Bonchev–Trinajstić information content (AvgIpc) is 2.37. The summed E-state index contributed by atoms with van der Waals surface area (Å²) in [5, 5.41) is 0. The summed E-state index contributed by atoms with van der Waals surface area (Å²) in [5.74, 6) is 0.469. The van der Waals surface area contributed by atoms with E-state index in [-0.39, 0.29) is 17.5 Å². The van der Waals surface area contributed by atoms with Crippen molar-refractivity contribution in [1.82, 2.24) is 4.98 Å². The molecule has 0 fully saturated rings. The Bertz CT molecular complexity index is 432. The van der Waals surface area contributed by atoms with Crippen molar-refractivity contribution >= 4 is 9.84 Å². The summed E-state index contributed by atoms with van der Waals surface area (Å²) < 4.78 is 22.6. The Hall–Kier alpha value is -0.940. The molecule has 0 aromatic carbocycles. The minimum Gasteiger partial charge on any atom is -0.328 e. The highest BCUT2D eigenvalue weighted by molar-refractivity contribution is 7.91. The zero-order chi connectivity index (χ0) is 13.4. The Morgan fingerprint density at radius 1 is 1.33 bits per heavy atom. The van der Waals surface area contributed by atoms with Gasteiger partial charge in [0, 0.05) is 23.7 Å². The van der Waals surface area contributed by atoms with Crippen molar-refractivity contribution in [2.24, 2.45) is 5.73 Å². The lowest BCUT2D eigenvalue weighted by atomic mass is 10.1. The molecule has 1 aromatic rings. The molecule has 1 aromatic heterocycles. The second-order valence-electron chi connectivity index (χ2n) is 4.50. The van der Waals surface area contributed by atoms with Gasteiger partial charge >= 0.3 is 0 Å². The first-order chi connectivity index (χ1) is 8.53. The molecule has 0 saturated carbocycles. The van der Waals surface area contributed by atoms with Gasteiger partial charge in [-0.3, -0.25) is 4.98 Å². The Kier molecular flexibility index (Phi) is 6.29. The number of sulfone groups is 1. The third-order valence-corrected chi connectivity index (χ3v) is 4.76. The summed E-state index contributed by atoms with van der Waals surface area (Å²) in [6, 6.07) is 5.88. The molecule has 1 atom stereocenters. The highest BCUT2D eigenvalue weighted by Gasteiger charge is 2.09. The van der Waals surface area contributed by atoms with Gasteiger partial charge in [0.1, 0.15) is 9.84 Å². The lowest BCUT2D eigenvalue weighted by Gasteiger charge is -2.10. The number of hydrogen-bond acceptors (Lipinski definition) is 4. The molecule has 1 unspecified atom stereocenters. The summed E-state index contributed by atoms with van der Waals surface area (Å²) in [5.41, 5.74) is 7.01. The molecular formula is C13H22N2O2S. The highest BCUT2D eigenvalue weighted by atomic mass is 32.2. The van der Waals surface area contributed by atoms with Gasteiger partial charge in [-0.1, -0.05) is 13.0 Å². The van der Waals surface area contributed by atoms with Crippen LogP contribution in [-0.2, 0) is 16.3 Å². The van der Waals surface area contributed by atoms with Crippen LogP contribution in [0.3, 0.4) is 0 Å². The molecule has 18 heavy (non-hydrogen) atoms. The van der Waals surface area contributed by atoms with Gasteiger partial charge in [0.2, 0.25) is 0 Å². The first kappa shape index (κ1) is 15.1. The van der Waals surface area contributed by atoms with Crippen molar-refractivity contribution in [1.29, 1.82) is 0 Å².